The minimum Gasteiger partial charge on any atom is -0.497 e. The van der Waals surface area contributed by atoms with Gasteiger partial charge < -0.3 is 24.3 Å². The van der Waals surface area contributed by atoms with Gasteiger partial charge in [-0.05, 0) is 73.7 Å². The summed E-state index contributed by atoms with van der Waals surface area (Å²) in [4.78, 5) is 12.7. The second-order valence-electron chi connectivity index (χ2n) is 6.45. The lowest BCUT2D eigenvalue weighted by molar-refractivity contribution is 0.102. The predicted molar refractivity (Wildman–Crippen MR) is 121 cm³/mol. The van der Waals surface area contributed by atoms with Crippen molar-refractivity contribution in [3.05, 3.63) is 84.9 Å². The summed E-state index contributed by atoms with van der Waals surface area (Å²) in [6.45, 7) is 6.33. The number of nitrogens with one attached hydrogen (secondary N) is 1. The van der Waals surface area contributed by atoms with Gasteiger partial charge >= 0.3 is 0 Å². The quantitative estimate of drug-likeness (QED) is 0.427. The minimum atomic E-state index is -0.250. The summed E-state index contributed by atoms with van der Waals surface area (Å²) >= 11 is 0. The molecule has 6 nitrogen and oxygen atoms in total. The van der Waals surface area contributed by atoms with Crippen LogP contribution in [-0.4, -0.2) is 26.2 Å². The van der Waals surface area contributed by atoms with Crippen molar-refractivity contribution in [2.45, 2.75) is 6.92 Å². The Labute approximate surface area is 182 Å². The maximum absolute atomic E-state index is 12.7. The van der Waals surface area contributed by atoms with Crippen molar-refractivity contribution in [3.8, 4) is 28.7 Å². The fourth-order valence-electron chi connectivity index (χ4n) is 2.77. The highest BCUT2D eigenvalue weighted by atomic mass is 16.5. The predicted octanol–water partition coefficient (Wildman–Crippen LogP) is 5.70. The van der Waals surface area contributed by atoms with Crippen LogP contribution in [0, 0.1) is 0 Å². The molecule has 0 radical (unpaired) electrons. The fourth-order valence-corrected chi connectivity index (χ4v) is 2.77. The van der Waals surface area contributed by atoms with Crippen molar-refractivity contribution in [2.24, 2.45) is 0 Å². The van der Waals surface area contributed by atoms with Crippen LogP contribution in [0.5, 0.6) is 28.7 Å². The molecule has 0 aromatic heterocycles. The van der Waals surface area contributed by atoms with Gasteiger partial charge in [0.1, 0.15) is 23.9 Å². The van der Waals surface area contributed by atoms with Crippen LogP contribution < -0.4 is 24.3 Å². The second kappa shape index (κ2) is 10.7. The molecule has 0 atom stereocenters. The first kappa shape index (κ1) is 21.8. The first-order chi connectivity index (χ1) is 15.1. The number of hydrogen-bond acceptors (Lipinski definition) is 5. The molecule has 6 heteroatoms. The standard InChI is InChI=1S/C25H25NO5/c1-4-16-30-23-15-6-18(17-24(23)29-5-2)25(27)26-19-7-9-21(10-8-19)31-22-13-11-20(28-3)12-14-22/h4,6-15,17H,1,5,16H2,2-3H3,(H,26,27). The molecular weight excluding hydrogens is 394 g/mol. The Morgan fingerprint density at radius 3 is 2.16 bits per heavy atom. The molecule has 0 aliphatic carbocycles. The highest BCUT2D eigenvalue weighted by Crippen LogP contribution is 2.29. The van der Waals surface area contributed by atoms with Gasteiger partial charge in [-0.3, -0.25) is 4.79 Å². The lowest BCUT2D eigenvalue weighted by Gasteiger charge is -2.13. The van der Waals surface area contributed by atoms with E-state index in [4.69, 9.17) is 18.9 Å². The zero-order valence-electron chi connectivity index (χ0n) is 17.6. The van der Waals surface area contributed by atoms with Crippen molar-refractivity contribution in [1.29, 1.82) is 0 Å². The van der Waals surface area contributed by atoms with E-state index in [0.29, 0.717) is 47.5 Å². The Balaban J connectivity index is 1.65. The smallest absolute Gasteiger partial charge is 0.255 e. The van der Waals surface area contributed by atoms with Gasteiger partial charge in [0.15, 0.2) is 11.5 Å². The molecule has 1 amide bonds. The molecule has 0 bridgehead atoms. The van der Waals surface area contributed by atoms with Crippen molar-refractivity contribution in [2.75, 3.05) is 25.6 Å². The number of methoxy groups -OCH3 is 1. The molecule has 31 heavy (non-hydrogen) atoms. The maximum Gasteiger partial charge on any atom is 0.255 e. The normalized spacial score (nSPS) is 10.1. The first-order valence-electron chi connectivity index (χ1n) is 9.86. The van der Waals surface area contributed by atoms with E-state index in [-0.39, 0.29) is 5.91 Å². The van der Waals surface area contributed by atoms with Crippen molar-refractivity contribution in [1.82, 2.24) is 0 Å². The molecule has 1 N–H and O–H groups in total. The van der Waals surface area contributed by atoms with E-state index in [1.54, 1.807) is 55.7 Å². The van der Waals surface area contributed by atoms with Crippen LogP contribution in [0.15, 0.2) is 79.4 Å². The van der Waals surface area contributed by atoms with Gasteiger partial charge in [-0.25, -0.2) is 0 Å². The molecule has 0 spiro atoms. The summed E-state index contributed by atoms with van der Waals surface area (Å²) < 4.78 is 22.1. The van der Waals surface area contributed by atoms with E-state index < -0.39 is 0 Å². The Hall–Kier alpha value is -3.93. The Morgan fingerprint density at radius 2 is 1.55 bits per heavy atom. The van der Waals surface area contributed by atoms with Gasteiger partial charge in [0.05, 0.1) is 13.7 Å². The van der Waals surface area contributed by atoms with Crippen LogP contribution in [0.1, 0.15) is 17.3 Å². The largest absolute Gasteiger partial charge is 0.497 e. The molecule has 3 aromatic carbocycles. The zero-order valence-corrected chi connectivity index (χ0v) is 17.6. The third-order valence-corrected chi connectivity index (χ3v) is 4.27. The number of rotatable bonds is 10. The molecular formula is C25H25NO5. The summed E-state index contributed by atoms with van der Waals surface area (Å²) in [5.41, 5.74) is 1.12. The number of carbonyl (C=O) groups is 1. The van der Waals surface area contributed by atoms with E-state index in [9.17, 15) is 4.79 Å². The summed E-state index contributed by atoms with van der Waals surface area (Å²) in [6, 6.07) is 19.5. The minimum absolute atomic E-state index is 0.250. The zero-order chi connectivity index (χ0) is 22.1. The van der Waals surface area contributed by atoms with E-state index in [1.165, 1.54) is 0 Å². The Kier molecular flexibility index (Phi) is 7.54. The summed E-state index contributed by atoms with van der Waals surface area (Å²) in [5, 5.41) is 2.87. The SMILES string of the molecule is C=CCOc1ccc(C(=O)Nc2ccc(Oc3ccc(OC)cc3)cc2)cc1OCC. The third-order valence-electron chi connectivity index (χ3n) is 4.27. The van der Waals surface area contributed by atoms with Crippen molar-refractivity contribution in [3.63, 3.8) is 0 Å². The topological polar surface area (TPSA) is 66.0 Å². The van der Waals surface area contributed by atoms with Gasteiger partial charge in [0.2, 0.25) is 0 Å². The van der Waals surface area contributed by atoms with Crippen LogP contribution in [0.4, 0.5) is 5.69 Å². The van der Waals surface area contributed by atoms with Crippen LogP contribution in [0.25, 0.3) is 0 Å². The molecule has 3 aromatic rings. The fraction of sp³-hybridized carbons (Fsp3) is 0.160. The van der Waals surface area contributed by atoms with Gasteiger partial charge in [-0.15, -0.1) is 0 Å². The highest BCUT2D eigenvalue weighted by molar-refractivity contribution is 6.04. The van der Waals surface area contributed by atoms with E-state index in [2.05, 4.69) is 11.9 Å². The molecule has 0 aliphatic rings. The number of carbonyl (C=O) groups excluding carboxylic acids is 1. The molecule has 0 aliphatic heterocycles. The Morgan fingerprint density at radius 1 is 0.903 bits per heavy atom. The number of benzene rings is 3. The molecule has 0 unspecified atom stereocenters. The molecule has 0 heterocycles. The number of hydrogen-bond donors (Lipinski definition) is 1. The number of ether oxygens (including phenoxy) is 4. The van der Waals surface area contributed by atoms with E-state index in [0.717, 1.165) is 5.75 Å². The number of anilines is 1. The third kappa shape index (κ3) is 6.02. The average molecular weight is 419 g/mol. The molecule has 0 fully saturated rings. The second-order valence-corrected chi connectivity index (χ2v) is 6.45. The van der Waals surface area contributed by atoms with Crippen molar-refractivity contribution < 1.29 is 23.7 Å². The van der Waals surface area contributed by atoms with Crippen LogP contribution in [0.3, 0.4) is 0 Å². The lowest BCUT2D eigenvalue weighted by atomic mass is 10.1. The van der Waals surface area contributed by atoms with Crippen LogP contribution in [-0.2, 0) is 0 Å². The van der Waals surface area contributed by atoms with Crippen LogP contribution >= 0.6 is 0 Å². The summed E-state index contributed by atoms with van der Waals surface area (Å²) in [6.07, 6.45) is 1.65. The van der Waals surface area contributed by atoms with Gasteiger partial charge in [0.25, 0.3) is 5.91 Å². The monoisotopic (exact) mass is 419 g/mol. The molecule has 0 saturated heterocycles. The maximum atomic E-state index is 12.7. The molecule has 0 saturated carbocycles. The van der Waals surface area contributed by atoms with E-state index in [1.807, 2.05) is 31.2 Å². The van der Waals surface area contributed by atoms with Gasteiger partial charge in [-0.2, -0.15) is 0 Å². The Bertz CT molecular complexity index is 1010. The van der Waals surface area contributed by atoms with Gasteiger partial charge in [-0.1, -0.05) is 12.7 Å². The average Bonchev–Trinajstić information content (AvgIpc) is 2.80. The summed E-state index contributed by atoms with van der Waals surface area (Å²) in [7, 11) is 1.62. The van der Waals surface area contributed by atoms with Crippen LogP contribution in [0.2, 0.25) is 0 Å². The number of amides is 1. The van der Waals surface area contributed by atoms with E-state index >= 15 is 0 Å². The molecule has 160 valence electrons. The summed E-state index contributed by atoms with van der Waals surface area (Å²) in [5.74, 6) is 2.95. The first-order valence-corrected chi connectivity index (χ1v) is 9.86. The lowest BCUT2D eigenvalue weighted by Crippen LogP contribution is -2.12. The molecule has 3 rings (SSSR count). The van der Waals surface area contributed by atoms with Gasteiger partial charge in [0, 0.05) is 11.3 Å². The van der Waals surface area contributed by atoms with Crippen molar-refractivity contribution >= 4 is 11.6 Å². The highest BCUT2D eigenvalue weighted by Gasteiger charge is 2.12.